The molecule has 1 aliphatic rings. The Bertz CT molecular complexity index is 727. The molecule has 1 aromatic carbocycles. The normalized spacial score (nSPS) is 21.3. The molecule has 23 heavy (non-hydrogen) atoms. The molecule has 1 aliphatic carbocycles. The number of rotatable bonds is 4. The molecule has 0 atom stereocenters. The van der Waals surface area contributed by atoms with Crippen LogP contribution in [0.25, 0.3) is 10.9 Å². The number of amides is 1. The maximum atomic E-state index is 11.6. The first-order valence-corrected chi connectivity index (χ1v) is 8.05. The highest BCUT2D eigenvalue weighted by atomic mass is 16.5. The predicted octanol–water partition coefficient (Wildman–Crippen LogP) is 2.72. The van der Waals surface area contributed by atoms with Gasteiger partial charge in [0.15, 0.2) is 0 Å². The van der Waals surface area contributed by atoms with Gasteiger partial charge in [0.05, 0.1) is 13.0 Å². The van der Waals surface area contributed by atoms with E-state index in [2.05, 4.69) is 10.8 Å². The molecular weight excluding hydrogens is 292 g/mol. The number of nitrogens with zero attached hydrogens (tertiary/aromatic N) is 1. The first-order valence-electron chi connectivity index (χ1n) is 8.05. The minimum atomic E-state index is -0.402. The molecule has 1 saturated carbocycles. The van der Waals surface area contributed by atoms with Crippen LogP contribution >= 0.6 is 0 Å². The lowest BCUT2D eigenvalue weighted by atomic mass is 9.82. The van der Waals surface area contributed by atoms with Gasteiger partial charge in [-0.05, 0) is 55.9 Å². The number of esters is 1. The molecule has 2 aromatic rings. The van der Waals surface area contributed by atoms with Crippen LogP contribution in [-0.4, -0.2) is 23.6 Å². The van der Waals surface area contributed by atoms with Crippen molar-refractivity contribution in [3.63, 3.8) is 0 Å². The zero-order chi connectivity index (χ0) is 16.4. The van der Waals surface area contributed by atoms with Gasteiger partial charge in [0.25, 0.3) is 0 Å². The Kier molecular flexibility index (Phi) is 4.37. The fourth-order valence-electron chi connectivity index (χ4n) is 3.54. The Balaban J connectivity index is 1.68. The second-order valence-electron chi connectivity index (χ2n) is 6.35. The highest BCUT2D eigenvalue weighted by molar-refractivity contribution is 5.97. The fourth-order valence-corrected chi connectivity index (χ4v) is 3.54. The predicted molar refractivity (Wildman–Crippen MR) is 87.9 cm³/mol. The van der Waals surface area contributed by atoms with E-state index in [4.69, 9.17) is 10.5 Å². The number of methoxy groups -OCH3 is 1. The summed E-state index contributed by atoms with van der Waals surface area (Å²) in [5.74, 6) is 0.160. The number of fused-ring (bicyclic) bond motifs is 1. The second-order valence-corrected chi connectivity index (χ2v) is 6.35. The van der Waals surface area contributed by atoms with Gasteiger partial charge in [0.2, 0.25) is 5.91 Å². The average molecular weight is 314 g/mol. The van der Waals surface area contributed by atoms with Crippen molar-refractivity contribution < 1.29 is 14.3 Å². The number of carbonyl (C=O) groups excluding carboxylic acids is 2. The van der Waals surface area contributed by atoms with Crippen molar-refractivity contribution in [2.75, 3.05) is 7.11 Å². The third-order valence-corrected chi connectivity index (χ3v) is 4.89. The zero-order valence-electron chi connectivity index (χ0n) is 13.3. The molecule has 2 N–H and O–H groups in total. The number of benzene rings is 1. The van der Waals surface area contributed by atoms with E-state index in [1.54, 1.807) is 6.07 Å². The van der Waals surface area contributed by atoms with Crippen LogP contribution in [0.2, 0.25) is 0 Å². The van der Waals surface area contributed by atoms with Crippen molar-refractivity contribution in [2.24, 2.45) is 17.6 Å². The SMILES string of the molecule is COC(=O)[C@H]1CC[C@H](Cn2ccc3cc(C(N)=O)ccc32)CC1. The van der Waals surface area contributed by atoms with Crippen molar-refractivity contribution in [2.45, 2.75) is 32.2 Å². The monoisotopic (exact) mass is 314 g/mol. The van der Waals surface area contributed by atoms with Crippen molar-refractivity contribution in [1.82, 2.24) is 4.57 Å². The molecule has 5 heteroatoms. The summed E-state index contributed by atoms with van der Waals surface area (Å²) in [6.07, 6.45) is 5.95. The minimum absolute atomic E-state index is 0.0655. The van der Waals surface area contributed by atoms with Gasteiger partial charge in [-0.25, -0.2) is 0 Å². The summed E-state index contributed by atoms with van der Waals surface area (Å²) in [4.78, 5) is 22.8. The number of hydrogen-bond acceptors (Lipinski definition) is 3. The van der Waals surface area contributed by atoms with E-state index in [9.17, 15) is 9.59 Å². The van der Waals surface area contributed by atoms with Gasteiger partial charge in [-0.1, -0.05) is 0 Å². The molecule has 0 radical (unpaired) electrons. The summed E-state index contributed by atoms with van der Waals surface area (Å²) in [6.45, 7) is 0.938. The third-order valence-electron chi connectivity index (χ3n) is 4.89. The Labute approximate surface area is 135 Å². The molecule has 3 rings (SSSR count). The van der Waals surface area contributed by atoms with Crippen LogP contribution in [0, 0.1) is 11.8 Å². The van der Waals surface area contributed by atoms with Gasteiger partial charge in [-0.3, -0.25) is 9.59 Å². The lowest BCUT2D eigenvalue weighted by Crippen LogP contribution is -2.24. The second kappa shape index (κ2) is 6.44. The van der Waals surface area contributed by atoms with Gasteiger partial charge in [0, 0.05) is 29.2 Å². The molecule has 0 aliphatic heterocycles. The molecule has 5 nitrogen and oxygen atoms in total. The van der Waals surface area contributed by atoms with Gasteiger partial charge in [0.1, 0.15) is 0 Å². The number of primary amides is 1. The summed E-state index contributed by atoms with van der Waals surface area (Å²) in [5, 5.41) is 1.03. The largest absolute Gasteiger partial charge is 0.469 e. The van der Waals surface area contributed by atoms with Crippen molar-refractivity contribution in [1.29, 1.82) is 0 Å². The van der Waals surface area contributed by atoms with E-state index in [0.29, 0.717) is 11.5 Å². The highest BCUT2D eigenvalue weighted by Gasteiger charge is 2.27. The van der Waals surface area contributed by atoms with Gasteiger partial charge in [-0.2, -0.15) is 0 Å². The molecule has 0 saturated heterocycles. The summed E-state index contributed by atoms with van der Waals surface area (Å²) in [6, 6.07) is 7.58. The summed E-state index contributed by atoms with van der Waals surface area (Å²) >= 11 is 0. The Morgan fingerprint density at radius 2 is 1.96 bits per heavy atom. The minimum Gasteiger partial charge on any atom is -0.469 e. The topological polar surface area (TPSA) is 74.3 Å². The van der Waals surface area contributed by atoms with E-state index in [0.717, 1.165) is 43.1 Å². The molecule has 1 amide bonds. The van der Waals surface area contributed by atoms with Gasteiger partial charge >= 0.3 is 5.97 Å². The zero-order valence-corrected chi connectivity index (χ0v) is 13.3. The molecule has 0 bridgehead atoms. The fraction of sp³-hybridized carbons (Fsp3) is 0.444. The number of ether oxygens (including phenoxy) is 1. The standard InChI is InChI=1S/C18H22N2O3/c1-23-18(22)13-4-2-12(3-5-13)11-20-9-8-14-10-15(17(19)21)6-7-16(14)20/h6-10,12-13H,2-5,11H2,1H3,(H2,19,21)/t12-,13-. The number of nitrogens with two attached hydrogens (primary N) is 1. The third kappa shape index (κ3) is 3.23. The molecule has 1 heterocycles. The van der Waals surface area contributed by atoms with E-state index in [1.165, 1.54) is 7.11 Å². The van der Waals surface area contributed by atoms with Crippen molar-refractivity contribution in [3.8, 4) is 0 Å². The van der Waals surface area contributed by atoms with Crippen LogP contribution in [0.4, 0.5) is 0 Å². The van der Waals surface area contributed by atoms with E-state index >= 15 is 0 Å². The van der Waals surface area contributed by atoms with Crippen molar-refractivity contribution in [3.05, 3.63) is 36.0 Å². The van der Waals surface area contributed by atoms with Crippen LogP contribution < -0.4 is 5.73 Å². The molecule has 1 aromatic heterocycles. The first kappa shape index (κ1) is 15.6. The highest BCUT2D eigenvalue weighted by Crippen LogP contribution is 2.31. The lowest BCUT2D eigenvalue weighted by molar-refractivity contribution is -0.146. The first-order chi connectivity index (χ1) is 11.1. The van der Waals surface area contributed by atoms with E-state index < -0.39 is 5.91 Å². The lowest BCUT2D eigenvalue weighted by Gasteiger charge is -2.27. The van der Waals surface area contributed by atoms with Crippen LogP contribution in [0.1, 0.15) is 36.0 Å². The summed E-state index contributed by atoms with van der Waals surface area (Å²) in [5.41, 5.74) is 6.98. The molecule has 0 spiro atoms. The molecule has 0 unspecified atom stereocenters. The van der Waals surface area contributed by atoms with Crippen LogP contribution in [0.3, 0.4) is 0 Å². The molecule has 122 valence electrons. The molecular formula is C18H22N2O3. The van der Waals surface area contributed by atoms with Crippen LogP contribution in [0.15, 0.2) is 30.5 Å². The number of hydrogen-bond donors (Lipinski definition) is 1. The number of aromatic nitrogens is 1. The summed E-state index contributed by atoms with van der Waals surface area (Å²) in [7, 11) is 1.46. The van der Waals surface area contributed by atoms with Gasteiger partial charge in [-0.15, -0.1) is 0 Å². The van der Waals surface area contributed by atoms with Crippen molar-refractivity contribution >= 4 is 22.8 Å². The van der Waals surface area contributed by atoms with Crippen LogP contribution in [-0.2, 0) is 16.1 Å². The Morgan fingerprint density at radius 1 is 1.22 bits per heavy atom. The summed E-state index contributed by atoms with van der Waals surface area (Å²) < 4.78 is 7.06. The van der Waals surface area contributed by atoms with E-state index in [-0.39, 0.29) is 11.9 Å². The van der Waals surface area contributed by atoms with Crippen LogP contribution in [0.5, 0.6) is 0 Å². The van der Waals surface area contributed by atoms with Gasteiger partial charge < -0.3 is 15.0 Å². The maximum Gasteiger partial charge on any atom is 0.308 e. The molecule has 1 fully saturated rings. The maximum absolute atomic E-state index is 11.6. The number of carbonyl (C=O) groups is 2. The van der Waals surface area contributed by atoms with E-state index in [1.807, 2.05) is 18.2 Å². The average Bonchev–Trinajstić information content (AvgIpc) is 2.97. The Hall–Kier alpha value is -2.30. The quantitative estimate of drug-likeness (QED) is 0.882. The smallest absolute Gasteiger partial charge is 0.308 e. The Morgan fingerprint density at radius 3 is 2.61 bits per heavy atom.